The van der Waals surface area contributed by atoms with Crippen LogP contribution in [-0.4, -0.2) is 79.8 Å². The minimum absolute atomic E-state index is 0.0360. The number of pyridine rings is 1. The highest BCUT2D eigenvalue weighted by molar-refractivity contribution is 8.18. The van der Waals surface area contributed by atoms with E-state index < -0.39 is 54.1 Å². The van der Waals surface area contributed by atoms with Gasteiger partial charge in [0.2, 0.25) is 5.91 Å². The number of fused-ring (bicyclic) bond motifs is 1. The topological polar surface area (TPSA) is 81.1 Å². The summed E-state index contributed by atoms with van der Waals surface area (Å²) in [5.74, 6) is -5.17. The van der Waals surface area contributed by atoms with Crippen LogP contribution in [0.1, 0.15) is 64.1 Å². The van der Waals surface area contributed by atoms with Crippen LogP contribution in [0, 0.1) is 11.7 Å². The second-order valence-electron chi connectivity index (χ2n) is 13.8. The molecule has 7 rings (SSSR count). The number of rotatable bonds is 5. The monoisotopic (exact) mass is 706 g/mol. The summed E-state index contributed by atoms with van der Waals surface area (Å²) in [4.78, 5) is 42.7. The molecule has 8 nitrogen and oxygen atoms in total. The molecule has 2 aromatic rings. The molecule has 3 fully saturated rings. The number of amidine groups is 1. The number of carbonyl (C=O) groups is 2. The van der Waals surface area contributed by atoms with Crippen molar-refractivity contribution >= 4 is 51.9 Å². The summed E-state index contributed by atoms with van der Waals surface area (Å²) in [6, 6.07) is 5.89. The summed E-state index contributed by atoms with van der Waals surface area (Å²) < 4.78 is 45.3. The second kappa shape index (κ2) is 11.4. The van der Waals surface area contributed by atoms with Crippen LogP contribution in [0.4, 0.5) is 13.2 Å². The molecule has 2 amide bonds. The van der Waals surface area contributed by atoms with Crippen LogP contribution in [-0.2, 0) is 15.1 Å². The van der Waals surface area contributed by atoms with Crippen molar-refractivity contribution < 1.29 is 22.8 Å². The number of hydrogen-bond donors (Lipinski definition) is 1. The van der Waals surface area contributed by atoms with Crippen molar-refractivity contribution in [3.63, 3.8) is 0 Å². The number of aliphatic imine (C=N–C) groups is 1. The van der Waals surface area contributed by atoms with Crippen molar-refractivity contribution in [2.24, 2.45) is 10.9 Å². The van der Waals surface area contributed by atoms with Crippen LogP contribution >= 0.6 is 35.0 Å². The van der Waals surface area contributed by atoms with Crippen molar-refractivity contribution in [1.29, 1.82) is 0 Å². The maximum Gasteiger partial charge on any atom is 0.267 e. The van der Waals surface area contributed by atoms with Gasteiger partial charge in [0.15, 0.2) is 5.17 Å². The summed E-state index contributed by atoms with van der Waals surface area (Å²) in [6.07, 6.45) is 2.75. The van der Waals surface area contributed by atoms with Gasteiger partial charge < -0.3 is 20.0 Å². The van der Waals surface area contributed by atoms with Gasteiger partial charge in [0.05, 0.1) is 17.6 Å². The predicted molar refractivity (Wildman–Crippen MR) is 176 cm³/mol. The van der Waals surface area contributed by atoms with E-state index in [0.717, 1.165) is 29.5 Å². The van der Waals surface area contributed by atoms with Crippen molar-refractivity contribution in [2.75, 3.05) is 19.6 Å². The molecule has 1 N–H and O–H groups in total. The lowest BCUT2D eigenvalue weighted by Gasteiger charge is -2.41. The van der Waals surface area contributed by atoms with Gasteiger partial charge in [0.1, 0.15) is 27.5 Å². The molecule has 1 aromatic heterocycles. The normalized spacial score (nSPS) is 29.2. The highest BCUT2D eigenvalue weighted by Crippen LogP contribution is 2.56. The zero-order chi connectivity index (χ0) is 33.6. The van der Waals surface area contributed by atoms with E-state index in [9.17, 15) is 14.0 Å². The predicted octanol–water partition coefficient (Wildman–Crippen LogP) is 6.36. The van der Waals surface area contributed by atoms with Crippen LogP contribution < -0.4 is 5.32 Å². The highest BCUT2D eigenvalue weighted by atomic mass is 35.5. The van der Waals surface area contributed by atoms with Crippen LogP contribution in [0.3, 0.4) is 0 Å². The number of benzene rings is 1. The van der Waals surface area contributed by atoms with Crippen LogP contribution in [0.25, 0.3) is 0 Å². The van der Waals surface area contributed by atoms with E-state index in [1.807, 2.05) is 38.7 Å². The van der Waals surface area contributed by atoms with Gasteiger partial charge in [-0.2, -0.15) is 0 Å². The molecule has 1 aliphatic carbocycles. The summed E-state index contributed by atoms with van der Waals surface area (Å²) in [7, 11) is 0. The molecule has 2 saturated heterocycles. The Morgan fingerprint density at radius 3 is 2.49 bits per heavy atom. The van der Waals surface area contributed by atoms with E-state index in [1.165, 1.54) is 12.1 Å². The number of halogens is 5. The van der Waals surface area contributed by atoms with Gasteiger partial charge in [-0.15, -0.1) is 0 Å². The fourth-order valence-electron chi connectivity index (χ4n) is 7.36. The van der Waals surface area contributed by atoms with Gasteiger partial charge in [-0.1, -0.05) is 49.2 Å². The number of alkyl halides is 2. The SMILES string of the molecule is CC(C)C1=C(C(=O)N2CC(F)(F)C[C@@H]2C(=O)N2CC3(CC3)NC[C@@H]2C)SC2=N[C@@](C)(c3ccc(Cl)nc3)[C@@H](c3ccc(Cl)c(F)c3)N21. The summed E-state index contributed by atoms with van der Waals surface area (Å²) in [6.45, 7) is 7.77. The molecule has 250 valence electrons. The number of thioether (sulfide) groups is 1. The summed E-state index contributed by atoms with van der Waals surface area (Å²) in [5.41, 5.74) is 0.685. The lowest BCUT2D eigenvalue weighted by molar-refractivity contribution is -0.144. The van der Waals surface area contributed by atoms with Gasteiger partial charge in [0.25, 0.3) is 11.8 Å². The Hall–Kier alpha value is -2.80. The second-order valence-corrected chi connectivity index (χ2v) is 15.6. The number of likely N-dealkylation sites (tertiary alicyclic amines) is 1. The Kier molecular flexibility index (Phi) is 7.93. The standard InChI is InChI=1S/C33H35Cl2F3N6O2S/c1-17(2)25-26(29(46)43-16-33(37,38)12-23(43)28(45)42-15-32(9-10-32)40-13-18(42)3)47-30-41-31(4,20-6-8-24(35)39-14-20)27(44(25)30)19-5-7-21(34)22(36)11-19/h5-8,11,14,17-18,23,27,40H,9-10,12-13,15-16H2,1-4H3/t18-,23+,27+,31-/m0/s1. The molecule has 1 spiro atoms. The molecule has 5 aliphatic rings. The Morgan fingerprint density at radius 2 is 1.85 bits per heavy atom. The average Bonchev–Trinajstić information content (AvgIpc) is 3.40. The lowest BCUT2D eigenvalue weighted by atomic mass is 9.81. The van der Waals surface area contributed by atoms with Gasteiger partial charge in [0, 0.05) is 48.5 Å². The lowest BCUT2D eigenvalue weighted by Crippen LogP contribution is -2.61. The Labute approximate surface area is 285 Å². The zero-order valence-corrected chi connectivity index (χ0v) is 28.7. The smallest absolute Gasteiger partial charge is 0.267 e. The van der Waals surface area contributed by atoms with Crippen LogP contribution in [0.15, 0.2) is 52.1 Å². The van der Waals surface area contributed by atoms with E-state index >= 15 is 8.78 Å². The number of piperazine rings is 1. The molecule has 1 saturated carbocycles. The van der Waals surface area contributed by atoms with E-state index in [0.29, 0.717) is 40.2 Å². The number of nitrogens with zero attached hydrogens (tertiary/aromatic N) is 5. The molecule has 47 heavy (non-hydrogen) atoms. The number of nitrogens with one attached hydrogen (secondary N) is 1. The molecule has 0 bridgehead atoms. The number of aromatic nitrogens is 1. The van der Waals surface area contributed by atoms with Crippen LogP contribution in [0.5, 0.6) is 0 Å². The summed E-state index contributed by atoms with van der Waals surface area (Å²) >= 11 is 13.3. The molecular weight excluding hydrogens is 672 g/mol. The molecule has 4 atom stereocenters. The van der Waals surface area contributed by atoms with E-state index in [4.69, 9.17) is 28.2 Å². The maximum absolute atomic E-state index is 15.1. The minimum Gasteiger partial charge on any atom is -0.335 e. The highest BCUT2D eigenvalue weighted by Gasteiger charge is 2.58. The van der Waals surface area contributed by atoms with Gasteiger partial charge >= 0.3 is 0 Å². The van der Waals surface area contributed by atoms with Crippen molar-refractivity contribution in [3.05, 3.63) is 74.3 Å². The number of hydrogen-bond acceptors (Lipinski definition) is 7. The maximum atomic E-state index is 15.1. The molecule has 1 aromatic carbocycles. The molecule has 0 unspecified atom stereocenters. The third kappa shape index (κ3) is 5.53. The Bertz CT molecular complexity index is 1720. The van der Waals surface area contributed by atoms with Gasteiger partial charge in [-0.05, 0) is 68.1 Å². The fourth-order valence-corrected chi connectivity index (χ4v) is 8.95. The molecular formula is C33H35Cl2F3N6O2S. The quantitative estimate of drug-likeness (QED) is 0.365. The van der Waals surface area contributed by atoms with Gasteiger partial charge in [-0.3, -0.25) is 9.59 Å². The molecule has 14 heteroatoms. The van der Waals surface area contributed by atoms with Gasteiger partial charge in [-0.25, -0.2) is 23.1 Å². The first kappa shape index (κ1) is 32.7. The average molecular weight is 708 g/mol. The Morgan fingerprint density at radius 1 is 1.11 bits per heavy atom. The molecule has 0 radical (unpaired) electrons. The fraction of sp³-hybridized carbons (Fsp3) is 0.515. The first-order valence-electron chi connectivity index (χ1n) is 15.8. The van der Waals surface area contributed by atoms with Crippen LogP contribution in [0.2, 0.25) is 10.2 Å². The summed E-state index contributed by atoms with van der Waals surface area (Å²) in [5, 5.41) is 4.22. The first-order valence-corrected chi connectivity index (χ1v) is 17.3. The Balaban J connectivity index is 1.28. The minimum atomic E-state index is -3.22. The van der Waals surface area contributed by atoms with Crippen molar-refractivity contribution in [2.45, 2.75) is 82.1 Å². The van der Waals surface area contributed by atoms with E-state index in [-0.39, 0.29) is 27.4 Å². The van der Waals surface area contributed by atoms with E-state index in [2.05, 4.69) is 10.3 Å². The molecule has 4 aliphatic heterocycles. The van der Waals surface area contributed by atoms with Crippen molar-refractivity contribution in [1.82, 2.24) is 25.0 Å². The number of amides is 2. The zero-order valence-electron chi connectivity index (χ0n) is 26.4. The molecule has 5 heterocycles. The van der Waals surface area contributed by atoms with E-state index in [1.54, 1.807) is 23.2 Å². The third-order valence-corrected chi connectivity index (χ3v) is 11.6. The van der Waals surface area contributed by atoms with Crippen molar-refractivity contribution in [3.8, 4) is 0 Å². The number of carbonyl (C=O) groups excluding carboxylic acids is 2. The first-order chi connectivity index (χ1) is 22.1. The third-order valence-electron chi connectivity index (χ3n) is 10.1. The largest absolute Gasteiger partial charge is 0.335 e. The number of allylic oxidation sites excluding steroid dienone is 1.